The molecule has 1 saturated carbocycles. The first-order valence-electron chi connectivity index (χ1n) is 14.1. The molecule has 3 aromatic carbocycles. The Morgan fingerprint density at radius 3 is 2.33 bits per heavy atom. The highest BCUT2D eigenvalue weighted by Crippen LogP contribution is 2.36. The maximum Gasteiger partial charge on any atom is 0.303 e. The third-order valence-corrected chi connectivity index (χ3v) is 7.06. The minimum absolute atomic E-state index is 0.0138. The number of rotatable bonds is 12. The van der Waals surface area contributed by atoms with Crippen LogP contribution >= 0.6 is 0 Å². The minimum atomic E-state index is -0.937. The van der Waals surface area contributed by atoms with Crippen LogP contribution in [0.3, 0.4) is 0 Å². The van der Waals surface area contributed by atoms with Crippen molar-refractivity contribution in [3.63, 3.8) is 0 Å². The van der Waals surface area contributed by atoms with Crippen molar-refractivity contribution in [1.29, 1.82) is 0 Å². The Balaban J connectivity index is 0.00000101. The normalized spacial score (nSPS) is 12.9. The molecule has 1 N–H and O–H groups in total. The molecular formula is C34H42F2O4. The van der Waals surface area contributed by atoms with Gasteiger partial charge < -0.3 is 14.6 Å². The summed E-state index contributed by atoms with van der Waals surface area (Å²) in [7, 11) is 1.56. The molecule has 0 bridgehead atoms. The van der Waals surface area contributed by atoms with E-state index in [1.165, 1.54) is 31.0 Å². The fourth-order valence-corrected chi connectivity index (χ4v) is 4.70. The molecule has 0 aromatic heterocycles. The Morgan fingerprint density at radius 1 is 0.975 bits per heavy atom. The summed E-state index contributed by atoms with van der Waals surface area (Å²) < 4.78 is 40.1. The summed E-state index contributed by atoms with van der Waals surface area (Å²) in [5, 5.41) is 8.90. The van der Waals surface area contributed by atoms with Crippen molar-refractivity contribution in [1.82, 2.24) is 0 Å². The Labute approximate surface area is 237 Å². The number of aliphatic carboxylic acids is 1. The van der Waals surface area contributed by atoms with Crippen LogP contribution in [-0.2, 0) is 24.2 Å². The van der Waals surface area contributed by atoms with Gasteiger partial charge in [0.25, 0.3) is 0 Å². The van der Waals surface area contributed by atoms with Crippen LogP contribution in [0.1, 0.15) is 76.5 Å². The van der Waals surface area contributed by atoms with E-state index in [1.54, 1.807) is 25.3 Å². The van der Waals surface area contributed by atoms with Crippen LogP contribution in [0.5, 0.6) is 11.5 Å². The van der Waals surface area contributed by atoms with Crippen molar-refractivity contribution >= 4 is 5.97 Å². The highest BCUT2D eigenvalue weighted by Gasteiger charge is 2.21. The molecule has 0 spiro atoms. The lowest BCUT2D eigenvalue weighted by atomic mass is 9.79. The summed E-state index contributed by atoms with van der Waals surface area (Å²) in [6, 6.07) is 14.8. The van der Waals surface area contributed by atoms with Gasteiger partial charge in [-0.3, -0.25) is 4.79 Å². The summed E-state index contributed by atoms with van der Waals surface area (Å²) >= 11 is 0. The van der Waals surface area contributed by atoms with Gasteiger partial charge in [-0.05, 0) is 83.2 Å². The lowest BCUT2D eigenvalue weighted by Gasteiger charge is -2.26. The number of carboxylic acid groups (broad SMARTS) is 1. The van der Waals surface area contributed by atoms with Crippen LogP contribution in [0.2, 0.25) is 0 Å². The van der Waals surface area contributed by atoms with Gasteiger partial charge in [0.05, 0.1) is 7.11 Å². The summed E-state index contributed by atoms with van der Waals surface area (Å²) in [5.74, 6) is 0.281. The Kier molecular flexibility index (Phi) is 11.1. The molecule has 0 atom stereocenters. The second-order valence-corrected chi connectivity index (χ2v) is 11.6. The fraction of sp³-hybridized carbons (Fsp3) is 0.441. The number of carbonyl (C=O) groups is 1. The van der Waals surface area contributed by atoms with Crippen LogP contribution in [0, 0.1) is 23.0 Å². The number of halogens is 2. The van der Waals surface area contributed by atoms with E-state index in [0.29, 0.717) is 22.6 Å². The van der Waals surface area contributed by atoms with Crippen molar-refractivity contribution < 1.29 is 28.2 Å². The molecule has 0 amide bonds. The van der Waals surface area contributed by atoms with E-state index >= 15 is 0 Å². The average molecular weight is 553 g/mol. The topological polar surface area (TPSA) is 55.8 Å². The third kappa shape index (κ3) is 9.96. The monoisotopic (exact) mass is 552 g/mol. The fourth-order valence-electron chi connectivity index (χ4n) is 4.70. The molecule has 1 aliphatic rings. The van der Waals surface area contributed by atoms with Gasteiger partial charge in [-0.25, -0.2) is 8.78 Å². The van der Waals surface area contributed by atoms with Crippen molar-refractivity contribution in [3.05, 3.63) is 82.9 Å². The predicted octanol–water partition coefficient (Wildman–Crippen LogP) is 9.02. The lowest BCUT2D eigenvalue weighted by Crippen LogP contribution is -2.15. The minimum Gasteiger partial charge on any atom is -0.497 e. The van der Waals surface area contributed by atoms with Crippen LogP contribution in [0.15, 0.2) is 54.6 Å². The molecule has 4 rings (SSSR count). The van der Waals surface area contributed by atoms with Gasteiger partial charge in [0.2, 0.25) is 0 Å². The van der Waals surface area contributed by atoms with E-state index in [9.17, 15) is 13.6 Å². The predicted molar refractivity (Wildman–Crippen MR) is 156 cm³/mol. The molecule has 3 aromatic rings. The highest BCUT2D eigenvalue weighted by atomic mass is 19.1. The van der Waals surface area contributed by atoms with Crippen molar-refractivity contribution in [3.8, 4) is 22.6 Å². The molecule has 0 unspecified atom stereocenters. The lowest BCUT2D eigenvalue weighted by molar-refractivity contribution is -0.136. The summed E-state index contributed by atoms with van der Waals surface area (Å²) in [4.78, 5) is 10.9. The maximum atomic E-state index is 14.9. The maximum absolute atomic E-state index is 14.9. The van der Waals surface area contributed by atoms with Crippen LogP contribution in [0.4, 0.5) is 8.78 Å². The first kappa shape index (κ1) is 31.1. The van der Waals surface area contributed by atoms with Crippen molar-refractivity contribution in [2.24, 2.45) is 11.3 Å². The van der Waals surface area contributed by atoms with Gasteiger partial charge >= 0.3 is 5.97 Å². The molecule has 1 fully saturated rings. The standard InChI is InChI=1S/C30H34F2O4.C4H8/c1-5-12-30(2,3)18-22-13-21(6-9-26(22)27-17-24(35-4)8-10-28(27)32)19-36-25-15-20(7-11-29(33)34)14-23(31)16-25;1-4-2-3-4/h6,8-10,13-17H,5,7,11-12,18-19H2,1-4H3,(H,33,34);4H,2-3H2,1H3. The van der Waals surface area contributed by atoms with Gasteiger partial charge in [0.1, 0.15) is 29.7 Å². The second-order valence-electron chi connectivity index (χ2n) is 11.6. The summed E-state index contributed by atoms with van der Waals surface area (Å²) in [6.45, 7) is 9.04. The van der Waals surface area contributed by atoms with Crippen LogP contribution < -0.4 is 9.47 Å². The van der Waals surface area contributed by atoms with E-state index in [2.05, 4.69) is 27.7 Å². The van der Waals surface area contributed by atoms with E-state index in [0.717, 1.165) is 41.9 Å². The Morgan fingerprint density at radius 2 is 1.70 bits per heavy atom. The van der Waals surface area contributed by atoms with Gasteiger partial charge in [0.15, 0.2) is 0 Å². The zero-order valence-electron chi connectivity index (χ0n) is 24.4. The zero-order chi connectivity index (χ0) is 29.3. The van der Waals surface area contributed by atoms with Gasteiger partial charge in [-0.1, -0.05) is 65.2 Å². The van der Waals surface area contributed by atoms with Crippen LogP contribution in [0.25, 0.3) is 11.1 Å². The number of benzene rings is 3. The molecule has 0 radical (unpaired) electrons. The number of methoxy groups -OCH3 is 1. The molecule has 216 valence electrons. The first-order valence-corrected chi connectivity index (χ1v) is 14.1. The molecule has 0 saturated heterocycles. The molecule has 40 heavy (non-hydrogen) atoms. The Bertz CT molecular complexity index is 1280. The number of hydrogen-bond donors (Lipinski definition) is 1. The quantitative estimate of drug-likeness (QED) is 0.244. The second kappa shape index (κ2) is 14.3. The molecule has 0 heterocycles. The van der Waals surface area contributed by atoms with Crippen molar-refractivity contribution in [2.75, 3.05) is 7.11 Å². The van der Waals surface area contributed by atoms with Crippen molar-refractivity contribution in [2.45, 2.75) is 79.2 Å². The number of aryl methyl sites for hydroxylation is 1. The molecule has 4 nitrogen and oxygen atoms in total. The smallest absolute Gasteiger partial charge is 0.303 e. The number of carboxylic acids is 1. The molecule has 0 aliphatic heterocycles. The molecule has 6 heteroatoms. The Hall–Kier alpha value is -3.41. The third-order valence-electron chi connectivity index (χ3n) is 7.06. The van der Waals surface area contributed by atoms with E-state index in [4.69, 9.17) is 14.6 Å². The average Bonchev–Trinajstić information content (AvgIpc) is 3.68. The van der Waals surface area contributed by atoms with Crippen LogP contribution in [-0.4, -0.2) is 18.2 Å². The van der Waals surface area contributed by atoms with E-state index < -0.39 is 11.8 Å². The first-order chi connectivity index (χ1) is 19.0. The van der Waals surface area contributed by atoms with E-state index in [-0.39, 0.29) is 30.7 Å². The zero-order valence-corrected chi connectivity index (χ0v) is 24.4. The largest absolute Gasteiger partial charge is 0.497 e. The summed E-state index contributed by atoms with van der Waals surface area (Å²) in [6.07, 6.45) is 5.93. The number of ether oxygens (including phenoxy) is 2. The number of hydrogen-bond acceptors (Lipinski definition) is 3. The van der Waals surface area contributed by atoms with Gasteiger partial charge in [-0.2, -0.15) is 0 Å². The highest BCUT2D eigenvalue weighted by molar-refractivity contribution is 5.70. The van der Waals surface area contributed by atoms with E-state index in [1.807, 2.05) is 18.2 Å². The van der Waals surface area contributed by atoms with Gasteiger partial charge in [-0.15, -0.1) is 0 Å². The van der Waals surface area contributed by atoms with Gasteiger partial charge in [0, 0.05) is 18.1 Å². The molecule has 1 aliphatic carbocycles. The summed E-state index contributed by atoms with van der Waals surface area (Å²) in [5.41, 5.74) is 3.75. The molecular weight excluding hydrogens is 510 g/mol. The SMILES string of the molecule is CC1CC1.CCCC(C)(C)Cc1cc(COc2cc(F)cc(CCC(=O)O)c2)ccc1-c1cc(OC)ccc1F.